The van der Waals surface area contributed by atoms with Crippen molar-refractivity contribution < 1.29 is 4.79 Å². The number of likely N-dealkylation sites (tertiary alicyclic amines) is 1. The van der Waals surface area contributed by atoms with Crippen LogP contribution in [0.25, 0.3) is 0 Å². The van der Waals surface area contributed by atoms with Gasteiger partial charge in [0.25, 0.3) is 0 Å². The number of rotatable bonds is 6. The van der Waals surface area contributed by atoms with Crippen molar-refractivity contribution in [1.29, 1.82) is 0 Å². The van der Waals surface area contributed by atoms with Gasteiger partial charge >= 0.3 is 6.03 Å². The number of nitrogens with one attached hydrogen (secondary N) is 2. The molecule has 1 aliphatic rings. The molecule has 0 aromatic heterocycles. The third kappa shape index (κ3) is 5.31. The Kier molecular flexibility index (Phi) is 6.26. The first-order valence-corrected chi connectivity index (χ1v) is 9.29. The zero-order valence-electron chi connectivity index (χ0n) is 15.3. The summed E-state index contributed by atoms with van der Waals surface area (Å²) in [5, 5.41) is 6.33. The van der Waals surface area contributed by atoms with Gasteiger partial charge in [-0.3, -0.25) is 4.90 Å². The van der Waals surface area contributed by atoms with Gasteiger partial charge in [-0.15, -0.1) is 0 Å². The molecular weight excluding hydrogens is 324 g/mol. The predicted molar refractivity (Wildman–Crippen MR) is 106 cm³/mol. The predicted octanol–water partition coefficient (Wildman–Crippen LogP) is 3.49. The molecule has 1 aliphatic heterocycles. The lowest BCUT2D eigenvalue weighted by Gasteiger charge is -2.34. The van der Waals surface area contributed by atoms with Crippen molar-refractivity contribution in [2.24, 2.45) is 5.73 Å². The number of carbonyl (C=O) groups is 1. The number of piperidine rings is 1. The zero-order chi connectivity index (χ0) is 18.4. The molecule has 5 nitrogen and oxygen atoms in total. The second kappa shape index (κ2) is 8.83. The van der Waals surface area contributed by atoms with E-state index in [1.54, 1.807) is 0 Å². The Morgan fingerprint density at radius 1 is 1.12 bits per heavy atom. The van der Waals surface area contributed by atoms with Crippen molar-refractivity contribution in [2.45, 2.75) is 38.4 Å². The standard InChI is InChI=1S/C21H28N4O/c1-16(18-7-9-19(10-8-18)24-21(22)26)23-20-11-13-25(14-12-20)15-17-5-3-2-4-6-17/h2-10,16,20,23H,11-15H2,1H3,(H3,22,24,26). The van der Waals surface area contributed by atoms with E-state index in [1.807, 2.05) is 24.3 Å². The van der Waals surface area contributed by atoms with Crippen LogP contribution in [0.1, 0.15) is 36.9 Å². The highest BCUT2D eigenvalue weighted by Gasteiger charge is 2.20. The molecule has 1 saturated heterocycles. The third-order valence-corrected chi connectivity index (χ3v) is 5.00. The third-order valence-electron chi connectivity index (χ3n) is 5.00. The summed E-state index contributed by atoms with van der Waals surface area (Å²) < 4.78 is 0. The summed E-state index contributed by atoms with van der Waals surface area (Å²) in [6.45, 7) is 5.48. The molecule has 0 spiro atoms. The molecule has 138 valence electrons. The van der Waals surface area contributed by atoms with Crippen LogP contribution in [0.4, 0.5) is 10.5 Å². The number of primary amides is 1. The fourth-order valence-electron chi connectivity index (χ4n) is 3.55. The van der Waals surface area contributed by atoms with Gasteiger partial charge in [-0.25, -0.2) is 4.79 Å². The molecule has 4 N–H and O–H groups in total. The van der Waals surface area contributed by atoms with Crippen LogP contribution in [-0.4, -0.2) is 30.1 Å². The molecule has 3 rings (SSSR count). The Labute approximate surface area is 155 Å². The van der Waals surface area contributed by atoms with E-state index in [0.29, 0.717) is 6.04 Å². The van der Waals surface area contributed by atoms with Crippen molar-refractivity contribution >= 4 is 11.7 Å². The summed E-state index contributed by atoms with van der Waals surface area (Å²) in [4.78, 5) is 13.4. The molecule has 26 heavy (non-hydrogen) atoms. The van der Waals surface area contributed by atoms with E-state index < -0.39 is 6.03 Å². The number of nitrogens with zero attached hydrogens (tertiary/aromatic N) is 1. The van der Waals surface area contributed by atoms with Crippen LogP contribution in [0.15, 0.2) is 54.6 Å². The van der Waals surface area contributed by atoms with Gasteiger partial charge in [-0.05, 0) is 56.1 Å². The van der Waals surface area contributed by atoms with Crippen LogP contribution >= 0.6 is 0 Å². The summed E-state index contributed by atoms with van der Waals surface area (Å²) >= 11 is 0. The van der Waals surface area contributed by atoms with Crippen molar-refractivity contribution in [3.63, 3.8) is 0 Å². The highest BCUT2D eigenvalue weighted by atomic mass is 16.2. The Balaban J connectivity index is 1.45. The van der Waals surface area contributed by atoms with E-state index in [1.165, 1.54) is 24.0 Å². The summed E-state index contributed by atoms with van der Waals surface area (Å²) in [6.07, 6.45) is 2.33. The molecule has 2 aromatic rings. The molecule has 0 saturated carbocycles. The maximum Gasteiger partial charge on any atom is 0.316 e. The van der Waals surface area contributed by atoms with Crippen LogP contribution in [0.3, 0.4) is 0 Å². The minimum atomic E-state index is -0.536. The maximum atomic E-state index is 10.9. The maximum absolute atomic E-state index is 10.9. The number of urea groups is 1. The van der Waals surface area contributed by atoms with Crippen molar-refractivity contribution in [2.75, 3.05) is 18.4 Å². The Morgan fingerprint density at radius 3 is 2.38 bits per heavy atom. The van der Waals surface area contributed by atoms with E-state index in [9.17, 15) is 4.79 Å². The SMILES string of the molecule is CC(NC1CCN(Cc2ccccc2)CC1)c1ccc(NC(N)=O)cc1. The molecule has 0 bridgehead atoms. The van der Waals surface area contributed by atoms with Crippen LogP contribution in [0.5, 0.6) is 0 Å². The first-order valence-electron chi connectivity index (χ1n) is 9.29. The van der Waals surface area contributed by atoms with Gasteiger partial charge in [0.15, 0.2) is 0 Å². The van der Waals surface area contributed by atoms with Crippen LogP contribution in [0, 0.1) is 0 Å². The fourth-order valence-corrected chi connectivity index (χ4v) is 3.55. The zero-order valence-corrected chi connectivity index (χ0v) is 15.3. The summed E-state index contributed by atoms with van der Waals surface area (Å²) in [5.41, 5.74) is 8.46. The number of carbonyl (C=O) groups excluding carboxylic acids is 1. The number of hydrogen-bond donors (Lipinski definition) is 3. The topological polar surface area (TPSA) is 70.4 Å². The van der Waals surface area contributed by atoms with Gasteiger partial charge in [0, 0.05) is 24.3 Å². The first kappa shape index (κ1) is 18.4. The molecule has 1 unspecified atom stereocenters. The van der Waals surface area contributed by atoms with Gasteiger partial charge in [0.2, 0.25) is 0 Å². The molecule has 2 amide bonds. The Morgan fingerprint density at radius 2 is 1.77 bits per heavy atom. The normalized spacial score (nSPS) is 17.0. The van der Waals surface area contributed by atoms with Crippen LogP contribution in [0.2, 0.25) is 0 Å². The lowest BCUT2D eigenvalue weighted by Crippen LogP contribution is -2.42. The highest BCUT2D eigenvalue weighted by molar-refractivity contribution is 5.87. The van der Waals surface area contributed by atoms with Gasteiger partial charge in [0.1, 0.15) is 0 Å². The molecule has 2 aromatic carbocycles. The van der Waals surface area contributed by atoms with E-state index in [-0.39, 0.29) is 6.04 Å². The van der Waals surface area contributed by atoms with Crippen molar-refractivity contribution in [1.82, 2.24) is 10.2 Å². The molecule has 0 radical (unpaired) electrons. The second-order valence-corrected chi connectivity index (χ2v) is 7.04. The lowest BCUT2D eigenvalue weighted by molar-refractivity contribution is 0.185. The van der Waals surface area contributed by atoms with E-state index >= 15 is 0 Å². The number of anilines is 1. The van der Waals surface area contributed by atoms with Gasteiger partial charge in [-0.2, -0.15) is 0 Å². The number of amides is 2. The van der Waals surface area contributed by atoms with Crippen molar-refractivity contribution in [3.8, 4) is 0 Å². The smallest absolute Gasteiger partial charge is 0.316 e. The molecule has 0 aliphatic carbocycles. The minimum Gasteiger partial charge on any atom is -0.351 e. The molecule has 1 fully saturated rings. The Hall–Kier alpha value is -2.37. The minimum absolute atomic E-state index is 0.281. The molecule has 1 heterocycles. The van der Waals surface area contributed by atoms with E-state index in [4.69, 9.17) is 5.73 Å². The van der Waals surface area contributed by atoms with Gasteiger partial charge in [-0.1, -0.05) is 42.5 Å². The largest absolute Gasteiger partial charge is 0.351 e. The van der Waals surface area contributed by atoms with Crippen LogP contribution < -0.4 is 16.4 Å². The van der Waals surface area contributed by atoms with Gasteiger partial charge < -0.3 is 16.4 Å². The fraction of sp³-hybridized carbons (Fsp3) is 0.381. The molecular formula is C21H28N4O. The number of benzene rings is 2. The van der Waals surface area contributed by atoms with E-state index in [2.05, 4.69) is 52.8 Å². The molecule has 1 atom stereocenters. The highest BCUT2D eigenvalue weighted by Crippen LogP contribution is 2.20. The summed E-state index contributed by atoms with van der Waals surface area (Å²) in [7, 11) is 0. The number of hydrogen-bond acceptors (Lipinski definition) is 3. The van der Waals surface area contributed by atoms with Gasteiger partial charge in [0.05, 0.1) is 0 Å². The average Bonchev–Trinajstić information content (AvgIpc) is 2.64. The Bertz CT molecular complexity index is 694. The lowest BCUT2D eigenvalue weighted by atomic mass is 10.0. The average molecular weight is 352 g/mol. The first-order chi connectivity index (χ1) is 12.6. The summed E-state index contributed by atoms with van der Waals surface area (Å²) in [5.74, 6) is 0. The quantitative estimate of drug-likeness (QED) is 0.745. The monoisotopic (exact) mass is 352 g/mol. The number of nitrogens with two attached hydrogens (primary N) is 1. The second-order valence-electron chi connectivity index (χ2n) is 7.04. The van der Waals surface area contributed by atoms with Crippen molar-refractivity contribution in [3.05, 3.63) is 65.7 Å². The summed E-state index contributed by atoms with van der Waals surface area (Å²) in [6, 6.07) is 18.8. The van der Waals surface area contributed by atoms with E-state index in [0.717, 1.165) is 25.3 Å². The molecule has 5 heteroatoms. The van der Waals surface area contributed by atoms with Crippen LogP contribution in [-0.2, 0) is 6.54 Å².